The Morgan fingerprint density at radius 1 is 1.00 bits per heavy atom. The predicted octanol–water partition coefficient (Wildman–Crippen LogP) is 1.94. The third kappa shape index (κ3) is 1.02. The molecule has 0 amide bonds. The molecular formula is C11H9B. The van der Waals surface area contributed by atoms with Crippen LogP contribution in [0.15, 0.2) is 36.4 Å². The number of aryl methyl sites for hydroxylation is 1. The van der Waals surface area contributed by atoms with Crippen molar-refractivity contribution in [1.29, 1.82) is 0 Å². The van der Waals surface area contributed by atoms with Crippen LogP contribution >= 0.6 is 0 Å². The Morgan fingerprint density at radius 2 is 1.75 bits per heavy atom. The van der Waals surface area contributed by atoms with Gasteiger partial charge in [-0.05, 0) is 17.7 Å². The second-order valence-electron chi connectivity index (χ2n) is 3.02. The van der Waals surface area contributed by atoms with Gasteiger partial charge in [0.25, 0.3) is 0 Å². The second kappa shape index (κ2) is 2.67. The lowest BCUT2D eigenvalue weighted by molar-refractivity contribution is 1.54. The maximum Gasteiger partial charge on any atom is 0.115 e. The van der Waals surface area contributed by atoms with E-state index in [0.29, 0.717) is 0 Å². The molecule has 0 heterocycles. The third-order valence-electron chi connectivity index (χ3n) is 2.19. The van der Waals surface area contributed by atoms with E-state index < -0.39 is 0 Å². The molecule has 0 aliphatic rings. The Bertz CT molecular complexity index is 418. The summed E-state index contributed by atoms with van der Waals surface area (Å²) in [6.45, 7) is 2.03. The van der Waals surface area contributed by atoms with E-state index in [4.69, 9.17) is 7.85 Å². The highest BCUT2D eigenvalue weighted by Crippen LogP contribution is 2.11. The molecule has 1 heteroatoms. The van der Waals surface area contributed by atoms with Gasteiger partial charge < -0.3 is 0 Å². The van der Waals surface area contributed by atoms with Crippen LogP contribution in [0.25, 0.3) is 10.8 Å². The molecule has 0 aromatic heterocycles. The Labute approximate surface area is 73.6 Å². The Kier molecular flexibility index (Phi) is 1.65. The molecule has 56 valence electrons. The maximum atomic E-state index is 5.92. The van der Waals surface area contributed by atoms with Gasteiger partial charge >= 0.3 is 0 Å². The average Bonchev–Trinajstić information content (AvgIpc) is 2.12. The molecule has 2 rings (SSSR count). The summed E-state index contributed by atoms with van der Waals surface area (Å²) in [5, 5.41) is 2.36. The van der Waals surface area contributed by atoms with Crippen LogP contribution < -0.4 is 5.46 Å². The first-order valence-electron chi connectivity index (χ1n) is 4.03. The van der Waals surface area contributed by atoms with Crippen LogP contribution in [0, 0.1) is 6.92 Å². The average molecular weight is 152 g/mol. The molecule has 0 saturated carbocycles. The molecule has 2 aromatic rings. The lowest BCUT2D eigenvalue weighted by atomic mass is 9.86. The van der Waals surface area contributed by atoms with Crippen molar-refractivity contribution >= 4 is 24.1 Å². The van der Waals surface area contributed by atoms with Crippen molar-refractivity contribution in [3.05, 3.63) is 42.0 Å². The first-order chi connectivity index (χ1) is 5.79. The first kappa shape index (κ1) is 7.42. The summed E-state index contributed by atoms with van der Waals surface area (Å²) >= 11 is 0. The van der Waals surface area contributed by atoms with E-state index in [1.165, 1.54) is 5.39 Å². The Balaban J connectivity index is 2.91. The van der Waals surface area contributed by atoms with E-state index >= 15 is 0 Å². The quantitative estimate of drug-likeness (QED) is 0.506. The van der Waals surface area contributed by atoms with E-state index in [9.17, 15) is 0 Å². The molecule has 0 nitrogen and oxygen atoms in total. The molecule has 0 bridgehead atoms. The summed E-state index contributed by atoms with van der Waals surface area (Å²) in [6, 6.07) is 12.3. The fraction of sp³-hybridized carbons (Fsp3) is 0.0909. The minimum atomic E-state index is 0.896. The van der Waals surface area contributed by atoms with Crippen LogP contribution in [0.3, 0.4) is 0 Å². The second-order valence-corrected chi connectivity index (χ2v) is 3.02. The van der Waals surface area contributed by atoms with Crippen LogP contribution in [-0.2, 0) is 0 Å². The zero-order valence-electron chi connectivity index (χ0n) is 7.04. The first-order valence-corrected chi connectivity index (χ1v) is 4.03. The number of rotatable bonds is 0. The minimum absolute atomic E-state index is 0.896. The van der Waals surface area contributed by atoms with Crippen LogP contribution in [0.2, 0.25) is 0 Å². The van der Waals surface area contributed by atoms with Crippen LogP contribution in [0.1, 0.15) is 5.56 Å². The van der Waals surface area contributed by atoms with Gasteiger partial charge in [-0.25, -0.2) is 0 Å². The molecule has 0 spiro atoms. The molecule has 2 radical (unpaired) electrons. The highest BCUT2D eigenvalue weighted by atomic mass is 14.0. The summed E-state index contributed by atoms with van der Waals surface area (Å²) in [4.78, 5) is 0. The lowest BCUT2D eigenvalue weighted by Gasteiger charge is -2.04. The highest BCUT2D eigenvalue weighted by Gasteiger charge is 1.96. The third-order valence-corrected chi connectivity index (χ3v) is 2.19. The smallest absolute Gasteiger partial charge is 0.0861 e. The van der Waals surface area contributed by atoms with Crippen molar-refractivity contribution < 1.29 is 0 Å². The highest BCUT2D eigenvalue weighted by molar-refractivity contribution is 6.39. The fourth-order valence-corrected chi connectivity index (χ4v) is 1.40. The van der Waals surface area contributed by atoms with Crippen molar-refractivity contribution in [2.75, 3.05) is 0 Å². The van der Waals surface area contributed by atoms with E-state index in [2.05, 4.69) is 24.3 Å². The number of benzene rings is 2. The summed E-state index contributed by atoms with van der Waals surface area (Å²) in [5.41, 5.74) is 2.04. The number of hydrogen-bond acceptors (Lipinski definition) is 0. The van der Waals surface area contributed by atoms with Gasteiger partial charge in [0.05, 0.1) is 0 Å². The van der Waals surface area contributed by atoms with Gasteiger partial charge in [0.15, 0.2) is 0 Å². The molecule has 0 atom stereocenters. The van der Waals surface area contributed by atoms with Gasteiger partial charge in [-0.15, -0.1) is 0 Å². The van der Waals surface area contributed by atoms with Gasteiger partial charge in [-0.3, -0.25) is 0 Å². The standard InChI is InChI=1S/C11H9B/c1-8-6-7-9-4-2-3-5-10(9)11(8)12/h2-7H,1H3. The summed E-state index contributed by atoms with van der Waals surface area (Å²) in [6.07, 6.45) is 0. The predicted molar refractivity (Wildman–Crippen MR) is 54.1 cm³/mol. The zero-order valence-corrected chi connectivity index (χ0v) is 7.04. The SMILES string of the molecule is [B]c1c(C)ccc2ccccc12. The van der Waals surface area contributed by atoms with E-state index in [1.807, 2.05) is 19.1 Å². The normalized spacial score (nSPS) is 10.4. The Morgan fingerprint density at radius 3 is 2.58 bits per heavy atom. The van der Waals surface area contributed by atoms with Crippen LogP contribution in [0.4, 0.5) is 0 Å². The van der Waals surface area contributed by atoms with Crippen molar-refractivity contribution in [2.24, 2.45) is 0 Å². The summed E-state index contributed by atoms with van der Waals surface area (Å²) in [7, 11) is 5.92. The van der Waals surface area contributed by atoms with Gasteiger partial charge in [-0.2, -0.15) is 0 Å². The van der Waals surface area contributed by atoms with Crippen molar-refractivity contribution in [1.82, 2.24) is 0 Å². The summed E-state index contributed by atoms with van der Waals surface area (Å²) < 4.78 is 0. The number of hydrogen-bond donors (Lipinski definition) is 0. The maximum absolute atomic E-state index is 5.92. The van der Waals surface area contributed by atoms with Crippen molar-refractivity contribution in [3.63, 3.8) is 0 Å². The van der Waals surface area contributed by atoms with E-state index in [0.717, 1.165) is 16.4 Å². The van der Waals surface area contributed by atoms with E-state index in [-0.39, 0.29) is 0 Å². The fourth-order valence-electron chi connectivity index (χ4n) is 1.40. The van der Waals surface area contributed by atoms with Gasteiger partial charge in [0, 0.05) is 0 Å². The number of fused-ring (bicyclic) bond motifs is 1. The van der Waals surface area contributed by atoms with Crippen molar-refractivity contribution in [2.45, 2.75) is 6.92 Å². The molecule has 0 aliphatic carbocycles. The minimum Gasteiger partial charge on any atom is -0.0861 e. The van der Waals surface area contributed by atoms with Crippen LogP contribution in [-0.4, -0.2) is 7.85 Å². The molecular weight excluding hydrogens is 143 g/mol. The Hall–Kier alpha value is -1.24. The monoisotopic (exact) mass is 152 g/mol. The zero-order chi connectivity index (χ0) is 8.55. The topological polar surface area (TPSA) is 0 Å². The van der Waals surface area contributed by atoms with E-state index in [1.54, 1.807) is 0 Å². The van der Waals surface area contributed by atoms with Gasteiger partial charge in [0.2, 0.25) is 0 Å². The molecule has 0 aliphatic heterocycles. The van der Waals surface area contributed by atoms with Crippen LogP contribution in [0.5, 0.6) is 0 Å². The molecule has 0 unspecified atom stereocenters. The van der Waals surface area contributed by atoms with Crippen molar-refractivity contribution in [3.8, 4) is 0 Å². The molecule has 2 aromatic carbocycles. The largest absolute Gasteiger partial charge is 0.115 e. The lowest BCUT2D eigenvalue weighted by Crippen LogP contribution is -2.07. The molecule has 0 saturated heterocycles. The molecule has 0 N–H and O–H groups in total. The van der Waals surface area contributed by atoms with Gasteiger partial charge in [-0.1, -0.05) is 47.4 Å². The summed E-state index contributed by atoms with van der Waals surface area (Å²) in [5.74, 6) is 0. The molecule has 0 fully saturated rings. The molecule has 12 heavy (non-hydrogen) atoms. The van der Waals surface area contributed by atoms with Gasteiger partial charge in [0.1, 0.15) is 7.85 Å².